The molecule has 0 atom stereocenters. The maximum Gasteiger partial charge on any atom is 0.223 e. The highest BCUT2D eigenvalue weighted by Crippen LogP contribution is 2.30. The van der Waals surface area contributed by atoms with E-state index in [1.165, 1.54) is 70.5 Å². The molecule has 5 aromatic rings. The van der Waals surface area contributed by atoms with Crippen molar-refractivity contribution >= 4 is 0 Å². The van der Waals surface area contributed by atoms with Crippen molar-refractivity contribution in [2.24, 2.45) is 7.05 Å². The van der Waals surface area contributed by atoms with Crippen LogP contribution < -0.4 is 13.7 Å². The van der Waals surface area contributed by atoms with Gasteiger partial charge in [0.05, 0.1) is 12.1 Å². The van der Waals surface area contributed by atoms with Crippen molar-refractivity contribution in [1.29, 1.82) is 0 Å². The van der Waals surface area contributed by atoms with E-state index in [1.54, 1.807) is 0 Å². The average Bonchev–Trinajstić information content (AvgIpc) is 2.96. The number of hydrogen-bond donors (Lipinski definition) is 0. The SMILES string of the molecule is CCCCCC[n+]1cccc(-c2cc(-c3ccc(C)cc3)[n+](-c3cc[n+](C)cc3)c(-c3ccc(C)cc3)c2)c1. The van der Waals surface area contributed by atoms with Crippen LogP contribution in [-0.4, -0.2) is 0 Å². The zero-order valence-corrected chi connectivity index (χ0v) is 23.8. The first-order chi connectivity index (χ1) is 19.0. The highest BCUT2D eigenvalue weighted by Gasteiger charge is 2.26. The van der Waals surface area contributed by atoms with Crippen LogP contribution in [0.3, 0.4) is 0 Å². The van der Waals surface area contributed by atoms with Crippen LogP contribution in [0.5, 0.6) is 0 Å². The summed E-state index contributed by atoms with van der Waals surface area (Å²) in [5, 5.41) is 0. The summed E-state index contributed by atoms with van der Waals surface area (Å²) in [6.45, 7) is 7.61. The van der Waals surface area contributed by atoms with Crippen LogP contribution in [0.15, 0.2) is 110 Å². The lowest BCUT2D eigenvalue weighted by Gasteiger charge is -2.12. The van der Waals surface area contributed by atoms with E-state index in [9.17, 15) is 0 Å². The van der Waals surface area contributed by atoms with Gasteiger partial charge in [0.1, 0.15) is 13.6 Å². The van der Waals surface area contributed by atoms with Crippen molar-refractivity contribution < 1.29 is 13.7 Å². The van der Waals surface area contributed by atoms with Gasteiger partial charge in [0.25, 0.3) is 0 Å². The van der Waals surface area contributed by atoms with E-state index in [0.29, 0.717) is 0 Å². The Labute approximate surface area is 233 Å². The fourth-order valence-corrected chi connectivity index (χ4v) is 5.11. The van der Waals surface area contributed by atoms with Crippen molar-refractivity contribution in [2.45, 2.75) is 53.0 Å². The van der Waals surface area contributed by atoms with Crippen LogP contribution in [0.25, 0.3) is 39.3 Å². The molecule has 3 heteroatoms. The van der Waals surface area contributed by atoms with Crippen molar-refractivity contribution in [3.8, 4) is 39.3 Å². The predicted octanol–water partition coefficient (Wildman–Crippen LogP) is 7.27. The summed E-state index contributed by atoms with van der Waals surface area (Å²) in [7, 11) is 2.06. The molecule has 0 amide bonds. The summed E-state index contributed by atoms with van der Waals surface area (Å²) in [5.41, 5.74) is 10.9. The minimum absolute atomic E-state index is 1.05. The molecule has 0 N–H and O–H groups in total. The molecule has 3 aromatic heterocycles. The summed E-state index contributed by atoms with van der Waals surface area (Å²) in [5.74, 6) is 0. The van der Waals surface area contributed by atoms with Crippen LogP contribution in [0.1, 0.15) is 43.7 Å². The Kier molecular flexibility index (Phi) is 8.27. The topological polar surface area (TPSA) is 11.6 Å². The number of nitrogens with zero attached hydrogens (tertiary/aromatic N) is 3. The third-order valence-electron chi connectivity index (χ3n) is 7.44. The fraction of sp³-hybridized carbons (Fsp3) is 0.250. The van der Waals surface area contributed by atoms with Gasteiger partial charge >= 0.3 is 0 Å². The van der Waals surface area contributed by atoms with Crippen LogP contribution >= 0.6 is 0 Å². The first kappa shape index (κ1) is 26.5. The maximum absolute atomic E-state index is 2.40. The summed E-state index contributed by atoms with van der Waals surface area (Å²) in [6.07, 6.45) is 13.8. The number of benzene rings is 2. The number of hydrogen-bond acceptors (Lipinski definition) is 0. The van der Waals surface area contributed by atoms with Gasteiger partial charge < -0.3 is 0 Å². The molecule has 0 saturated carbocycles. The molecule has 0 radical (unpaired) electrons. The fourth-order valence-electron chi connectivity index (χ4n) is 5.11. The van der Waals surface area contributed by atoms with E-state index >= 15 is 0 Å². The predicted molar refractivity (Wildman–Crippen MR) is 159 cm³/mol. The van der Waals surface area contributed by atoms with E-state index in [-0.39, 0.29) is 0 Å². The molecule has 0 spiro atoms. The number of pyridine rings is 3. The van der Waals surface area contributed by atoms with Crippen LogP contribution in [0, 0.1) is 13.8 Å². The molecule has 0 aliphatic rings. The highest BCUT2D eigenvalue weighted by molar-refractivity contribution is 5.73. The Balaban J connectivity index is 1.72. The lowest BCUT2D eigenvalue weighted by molar-refractivity contribution is -0.696. The first-order valence-corrected chi connectivity index (χ1v) is 14.2. The summed E-state index contributed by atoms with van der Waals surface area (Å²) in [4.78, 5) is 0. The van der Waals surface area contributed by atoms with Gasteiger partial charge in [-0.3, -0.25) is 0 Å². The van der Waals surface area contributed by atoms with Crippen molar-refractivity contribution in [2.75, 3.05) is 0 Å². The molecular weight excluding hydrogens is 474 g/mol. The smallest absolute Gasteiger partial charge is 0.207 e. The Hall–Kier alpha value is -4.11. The normalized spacial score (nSPS) is 11.1. The molecule has 0 aliphatic heterocycles. The quantitative estimate of drug-likeness (QED) is 0.145. The first-order valence-electron chi connectivity index (χ1n) is 14.2. The van der Waals surface area contributed by atoms with E-state index in [0.717, 1.165) is 12.2 Å². The largest absolute Gasteiger partial charge is 0.223 e. The zero-order chi connectivity index (χ0) is 27.2. The van der Waals surface area contributed by atoms with Gasteiger partial charge in [0.2, 0.25) is 17.1 Å². The van der Waals surface area contributed by atoms with Gasteiger partial charge in [0, 0.05) is 46.9 Å². The molecule has 0 saturated heterocycles. The molecule has 5 rings (SSSR count). The molecule has 196 valence electrons. The maximum atomic E-state index is 2.40. The minimum Gasteiger partial charge on any atom is -0.207 e. The third kappa shape index (κ3) is 6.31. The Morgan fingerprint density at radius 1 is 0.590 bits per heavy atom. The van der Waals surface area contributed by atoms with Gasteiger partial charge in [-0.25, -0.2) is 9.13 Å². The Morgan fingerprint density at radius 2 is 1.18 bits per heavy atom. The Bertz CT molecular complexity index is 1470. The second-order valence-corrected chi connectivity index (χ2v) is 10.7. The van der Waals surface area contributed by atoms with Crippen LogP contribution in [-0.2, 0) is 13.6 Å². The third-order valence-corrected chi connectivity index (χ3v) is 7.44. The van der Waals surface area contributed by atoms with Crippen molar-refractivity contribution in [3.63, 3.8) is 0 Å². The monoisotopic (exact) mass is 514 g/mol. The zero-order valence-electron chi connectivity index (χ0n) is 23.8. The van der Waals surface area contributed by atoms with Crippen LogP contribution in [0.2, 0.25) is 0 Å². The summed E-state index contributed by atoms with van der Waals surface area (Å²) in [6, 6.07) is 31.3. The average molecular weight is 515 g/mol. The number of aryl methyl sites for hydroxylation is 4. The molecule has 2 aromatic carbocycles. The summed E-state index contributed by atoms with van der Waals surface area (Å²) >= 11 is 0. The molecule has 0 fully saturated rings. The summed E-state index contributed by atoms with van der Waals surface area (Å²) < 4.78 is 6.83. The van der Waals surface area contributed by atoms with E-state index in [1.807, 2.05) is 0 Å². The van der Waals surface area contributed by atoms with Gasteiger partial charge in [-0.2, -0.15) is 4.57 Å². The Morgan fingerprint density at radius 3 is 1.74 bits per heavy atom. The minimum atomic E-state index is 1.05. The van der Waals surface area contributed by atoms with Gasteiger partial charge in [-0.05, 0) is 50.6 Å². The van der Waals surface area contributed by atoms with Crippen LogP contribution in [0.4, 0.5) is 0 Å². The van der Waals surface area contributed by atoms with Gasteiger partial charge in [-0.15, -0.1) is 0 Å². The molecule has 0 aliphatic carbocycles. The van der Waals surface area contributed by atoms with Gasteiger partial charge in [0.15, 0.2) is 24.8 Å². The second-order valence-electron chi connectivity index (χ2n) is 10.7. The second kappa shape index (κ2) is 12.2. The molecule has 0 bridgehead atoms. The van der Waals surface area contributed by atoms with Gasteiger partial charge in [-0.1, -0.05) is 55.2 Å². The highest BCUT2D eigenvalue weighted by atomic mass is 15.0. The molecular formula is C36H40N3+3. The molecule has 3 nitrogen and oxygen atoms in total. The number of rotatable bonds is 9. The standard InChI is InChI=1S/C36H40N3/c1-5-6-7-8-21-38-22-9-10-32(27-38)33-25-35(30-15-11-28(2)12-16-30)39(34-19-23-37(4)24-20-34)36(26-33)31-17-13-29(3)14-18-31/h9-20,22-27H,5-8,21H2,1-4H3/q+3. The van der Waals surface area contributed by atoms with Crippen molar-refractivity contribution in [3.05, 3.63) is 121 Å². The number of aromatic nitrogens is 3. The number of unbranched alkanes of at least 4 members (excludes halogenated alkanes) is 3. The molecule has 3 heterocycles. The van der Waals surface area contributed by atoms with Crippen molar-refractivity contribution in [1.82, 2.24) is 0 Å². The van der Waals surface area contributed by atoms with E-state index in [4.69, 9.17) is 0 Å². The van der Waals surface area contributed by atoms with E-state index < -0.39 is 0 Å². The lowest BCUT2D eigenvalue weighted by Crippen LogP contribution is -2.38. The molecule has 39 heavy (non-hydrogen) atoms. The lowest BCUT2D eigenvalue weighted by atomic mass is 9.98. The molecule has 0 unspecified atom stereocenters. The van der Waals surface area contributed by atoms with E-state index in [2.05, 4.69) is 151 Å².